The second-order valence-corrected chi connectivity index (χ2v) is 5.78. The Kier molecular flexibility index (Phi) is 5.05. The van der Waals surface area contributed by atoms with Crippen molar-refractivity contribution in [1.29, 1.82) is 0 Å². The summed E-state index contributed by atoms with van der Waals surface area (Å²) in [5, 5.41) is 3.03. The van der Waals surface area contributed by atoms with Gasteiger partial charge < -0.3 is 24.1 Å². The fraction of sp³-hybridized carbons (Fsp3) is 0.389. The van der Waals surface area contributed by atoms with Crippen LogP contribution in [0, 0.1) is 0 Å². The molecular weight excluding hydrogens is 308 g/mol. The lowest BCUT2D eigenvalue weighted by atomic mass is 10.2. The molecular formula is C18H22N2O4. The number of nitrogens with one attached hydrogen (secondary N) is 1. The van der Waals surface area contributed by atoms with Gasteiger partial charge in [0.05, 0.1) is 12.8 Å². The zero-order valence-corrected chi connectivity index (χ0v) is 14.0. The molecule has 6 heteroatoms. The molecule has 2 aromatic rings. The quantitative estimate of drug-likeness (QED) is 0.881. The molecule has 0 bridgehead atoms. The van der Waals surface area contributed by atoms with Gasteiger partial charge in [0.1, 0.15) is 18.1 Å². The molecule has 1 aliphatic rings. The maximum Gasteiger partial charge on any atom is 0.287 e. The topological polar surface area (TPSA) is 63.9 Å². The number of hydrogen-bond donors (Lipinski definition) is 1. The first kappa shape index (κ1) is 16.4. The molecule has 1 aromatic heterocycles. The van der Waals surface area contributed by atoms with E-state index in [1.165, 1.54) is 0 Å². The van der Waals surface area contributed by atoms with Gasteiger partial charge in [0, 0.05) is 26.2 Å². The molecule has 1 aliphatic heterocycles. The number of carbonyl (C=O) groups excluding carboxylic acids is 1. The maximum absolute atomic E-state index is 12.3. The number of methoxy groups -OCH3 is 2. The van der Waals surface area contributed by atoms with Crippen LogP contribution in [0.3, 0.4) is 0 Å². The highest BCUT2D eigenvalue weighted by atomic mass is 16.5. The van der Waals surface area contributed by atoms with Crippen LogP contribution >= 0.6 is 0 Å². The van der Waals surface area contributed by atoms with Gasteiger partial charge in [-0.05, 0) is 30.7 Å². The van der Waals surface area contributed by atoms with Crippen molar-refractivity contribution in [3.05, 3.63) is 47.9 Å². The molecule has 0 saturated carbocycles. The van der Waals surface area contributed by atoms with Crippen LogP contribution in [0.5, 0.6) is 5.75 Å². The van der Waals surface area contributed by atoms with Gasteiger partial charge in [0.15, 0.2) is 5.76 Å². The number of carbonyl (C=O) groups is 1. The van der Waals surface area contributed by atoms with Gasteiger partial charge in [-0.3, -0.25) is 4.79 Å². The number of furan rings is 1. The molecule has 2 heterocycles. The second-order valence-electron chi connectivity index (χ2n) is 5.78. The number of benzene rings is 1. The van der Waals surface area contributed by atoms with E-state index in [0.717, 1.165) is 30.9 Å². The van der Waals surface area contributed by atoms with Gasteiger partial charge in [-0.15, -0.1) is 0 Å². The molecule has 1 aromatic carbocycles. The molecule has 0 aliphatic carbocycles. The predicted octanol–water partition coefficient (Wildman–Crippen LogP) is 2.44. The van der Waals surface area contributed by atoms with Crippen molar-refractivity contribution in [2.75, 3.05) is 32.2 Å². The Morgan fingerprint density at radius 2 is 2.12 bits per heavy atom. The van der Waals surface area contributed by atoms with Crippen LogP contribution in [0.1, 0.15) is 22.7 Å². The van der Waals surface area contributed by atoms with E-state index in [-0.39, 0.29) is 11.9 Å². The lowest BCUT2D eigenvalue weighted by molar-refractivity contribution is 0.0903. The van der Waals surface area contributed by atoms with E-state index in [1.807, 2.05) is 24.3 Å². The third-order valence-electron chi connectivity index (χ3n) is 4.12. The first-order valence-electron chi connectivity index (χ1n) is 7.97. The van der Waals surface area contributed by atoms with E-state index in [9.17, 15) is 4.79 Å². The summed E-state index contributed by atoms with van der Waals surface area (Å²) in [5.41, 5.74) is 1.05. The van der Waals surface area contributed by atoms with E-state index in [4.69, 9.17) is 13.9 Å². The predicted molar refractivity (Wildman–Crippen MR) is 90.5 cm³/mol. The first-order valence-corrected chi connectivity index (χ1v) is 7.97. The standard InChI is InChI=1S/C18H22N2O4/c1-22-12-14-7-8-17(24-14)18(21)19-13-9-10-20(11-13)15-5-3-4-6-16(15)23-2/h3-8,13H,9-12H2,1-2H3,(H,19,21). The van der Waals surface area contributed by atoms with Crippen LogP contribution in [0.2, 0.25) is 0 Å². The zero-order chi connectivity index (χ0) is 16.9. The minimum Gasteiger partial charge on any atom is -0.495 e. The number of amides is 1. The fourth-order valence-corrected chi connectivity index (χ4v) is 2.96. The smallest absolute Gasteiger partial charge is 0.287 e. The van der Waals surface area contributed by atoms with Crippen molar-refractivity contribution < 1.29 is 18.7 Å². The fourth-order valence-electron chi connectivity index (χ4n) is 2.96. The monoisotopic (exact) mass is 330 g/mol. The first-order chi connectivity index (χ1) is 11.7. The molecule has 0 radical (unpaired) electrons. The Bertz CT molecular complexity index is 698. The van der Waals surface area contributed by atoms with Crippen molar-refractivity contribution in [3.8, 4) is 5.75 Å². The summed E-state index contributed by atoms with van der Waals surface area (Å²) in [5.74, 6) is 1.62. The lowest BCUT2D eigenvalue weighted by Gasteiger charge is -2.21. The van der Waals surface area contributed by atoms with E-state index >= 15 is 0 Å². The van der Waals surface area contributed by atoms with Crippen molar-refractivity contribution in [1.82, 2.24) is 5.32 Å². The summed E-state index contributed by atoms with van der Waals surface area (Å²) in [4.78, 5) is 14.5. The number of para-hydroxylation sites is 2. The van der Waals surface area contributed by atoms with Crippen LogP contribution in [-0.4, -0.2) is 39.3 Å². The Hall–Kier alpha value is -2.47. The highest BCUT2D eigenvalue weighted by Crippen LogP contribution is 2.30. The minimum atomic E-state index is -0.191. The molecule has 3 rings (SSSR count). The summed E-state index contributed by atoms with van der Waals surface area (Å²) in [6.45, 7) is 1.98. The number of rotatable bonds is 6. The summed E-state index contributed by atoms with van der Waals surface area (Å²) >= 11 is 0. The Balaban J connectivity index is 1.60. The second kappa shape index (κ2) is 7.40. The molecule has 6 nitrogen and oxygen atoms in total. The highest BCUT2D eigenvalue weighted by molar-refractivity contribution is 5.91. The van der Waals surface area contributed by atoms with Gasteiger partial charge in [-0.1, -0.05) is 12.1 Å². The van der Waals surface area contributed by atoms with Gasteiger partial charge in [-0.25, -0.2) is 0 Å². The Morgan fingerprint density at radius 3 is 2.92 bits per heavy atom. The maximum atomic E-state index is 12.3. The molecule has 1 saturated heterocycles. The van der Waals surface area contributed by atoms with Crippen molar-refractivity contribution >= 4 is 11.6 Å². The normalized spacial score (nSPS) is 17.1. The molecule has 24 heavy (non-hydrogen) atoms. The van der Waals surface area contributed by atoms with Crippen LogP contribution in [0.15, 0.2) is 40.8 Å². The Labute approximate surface area is 141 Å². The van der Waals surface area contributed by atoms with Gasteiger partial charge in [0.25, 0.3) is 5.91 Å². The molecule has 1 atom stereocenters. The average Bonchev–Trinajstić information content (AvgIpc) is 3.25. The van der Waals surface area contributed by atoms with Crippen molar-refractivity contribution in [2.24, 2.45) is 0 Å². The van der Waals surface area contributed by atoms with E-state index in [1.54, 1.807) is 26.4 Å². The lowest BCUT2D eigenvalue weighted by Crippen LogP contribution is -2.37. The number of anilines is 1. The van der Waals surface area contributed by atoms with Crippen LogP contribution < -0.4 is 15.0 Å². The molecule has 1 unspecified atom stereocenters. The van der Waals surface area contributed by atoms with Gasteiger partial charge in [0.2, 0.25) is 0 Å². The van der Waals surface area contributed by atoms with Gasteiger partial charge >= 0.3 is 0 Å². The largest absolute Gasteiger partial charge is 0.495 e. The van der Waals surface area contributed by atoms with Gasteiger partial charge in [-0.2, -0.15) is 0 Å². The van der Waals surface area contributed by atoms with Crippen LogP contribution in [0.4, 0.5) is 5.69 Å². The van der Waals surface area contributed by atoms with E-state index in [0.29, 0.717) is 18.1 Å². The molecule has 1 amide bonds. The minimum absolute atomic E-state index is 0.0818. The zero-order valence-electron chi connectivity index (χ0n) is 14.0. The van der Waals surface area contributed by atoms with Crippen molar-refractivity contribution in [3.63, 3.8) is 0 Å². The molecule has 1 fully saturated rings. The summed E-state index contributed by atoms with van der Waals surface area (Å²) in [6, 6.07) is 11.4. The van der Waals surface area contributed by atoms with Crippen molar-refractivity contribution in [2.45, 2.75) is 19.1 Å². The summed E-state index contributed by atoms with van der Waals surface area (Å²) in [7, 11) is 3.26. The third-order valence-corrected chi connectivity index (χ3v) is 4.12. The SMILES string of the molecule is COCc1ccc(C(=O)NC2CCN(c3ccccc3OC)C2)o1. The van der Waals surface area contributed by atoms with E-state index in [2.05, 4.69) is 10.2 Å². The number of ether oxygens (including phenoxy) is 2. The van der Waals surface area contributed by atoms with E-state index < -0.39 is 0 Å². The molecule has 1 N–H and O–H groups in total. The van der Waals surface area contributed by atoms with Crippen LogP contribution in [0.25, 0.3) is 0 Å². The summed E-state index contributed by atoms with van der Waals surface area (Å²) < 4.78 is 15.9. The average molecular weight is 330 g/mol. The molecule has 128 valence electrons. The highest BCUT2D eigenvalue weighted by Gasteiger charge is 2.26. The third kappa shape index (κ3) is 3.54. The number of nitrogens with zero attached hydrogens (tertiary/aromatic N) is 1. The molecule has 0 spiro atoms. The van der Waals surface area contributed by atoms with Crippen LogP contribution in [-0.2, 0) is 11.3 Å². The number of hydrogen-bond acceptors (Lipinski definition) is 5. The summed E-state index contributed by atoms with van der Waals surface area (Å²) in [6.07, 6.45) is 0.884. The Morgan fingerprint density at radius 1 is 1.29 bits per heavy atom.